The third kappa shape index (κ3) is 1.82. The topological polar surface area (TPSA) is 26.3 Å². The first kappa shape index (κ1) is 12.6. The first-order valence-electron chi connectivity index (χ1n) is 7.49. The number of hydrogen-bond donors (Lipinski definition) is 0. The van der Waals surface area contributed by atoms with Gasteiger partial charge in [-0.1, -0.05) is 38.1 Å². The van der Waals surface area contributed by atoms with Crippen molar-refractivity contribution in [3.8, 4) is 16.9 Å². The van der Waals surface area contributed by atoms with Crippen LogP contribution < -0.4 is 4.74 Å². The van der Waals surface area contributed by atoms with Crippen LogP contribution in [0, 0.1) is 0 Å². The van der Waals surface area contributed by atoms with E-state index in [1.54, 1.807) is 0 Å². The predicted molar refractivity (Wildman–Crippen MR) is 83.1 cm³/mol. The van der Waals surface area contributed by atoms with E-state index in [1.165, 1.54) is 22.3 Å². The third-order valence-electron chi connectivity index (χ3n) is 4.69. The van der Waals surface area contributed by atoms with E-state index in [0.717, 1.165) is 24.3 Å². The Bertz CT molecular complexity index is 756. The average molecular weight is 278 g/mol. The molecule has 0 fully saturated rings. The highest BCUT2D eigenvalue weighted by Gasteiger charge is 2.32. The van der Waals surface area contributed by atoms with Crippen molar-refractivity contribution in [2.45, 2.75) is 32.1 Å². The molecule has 0 spiro atoms. The molecular weight excluding hydrogens is 260 g/mol. The number of carbonyl (C=O) groups is 1. The zero-order valence-corrected chi connectivity index (χ0v) is 12.4. The summed E-state index contributed by atoms with van der Waals surface area (Å²) in [5, 5.41) is 0. The number of fused-ring (bicyclic) bond motifs is 2. The number of ether oxygens (including phenoxy) is 1. The highest BCUT2D eigenvalue weighted by atomic mass is 16.5. The van der Waals surface area contributed by atoms with Gasteiger partial charge in [0, 0.05) is 23.0 Å². The van der Waals surface area contributed by atoms with Gasteiger partial charge in [0.05, 0.1) is 6.61 Å². The second-order valence-electron chi connectivity index (χ2n) is 6.64. The predicted octanol–water partition coefficient (Wildman–Crippen LogP) is 4.15. The molecule has 1 aliphatic heterocycles. The van der Waals surface area contributed by atoms with Gasteiger partial charge in [0.25, 0.3) is 0 Å². The van der Waals surface area contributed by atoms with Gasteiger partial charge in [-0.15, -0.1) is 0 Å². The molecule has 0 atom stereocenters. The number of hydrogen-bond acceptors (Lipinski definition) is 2. The number of Topliss-reactive ketones (excluding diaryl/α,β-unsaturated/α-hetero) is 1. The molecule has 0 unspecified atom stereocenters. The zero-order valence-electron chi connectivity index (χ0n) is 12.4. The molecule has 21 heavy (non-hydrogen) atoms. The molecule has 1 heterocycles. The standard InChI is InChI=1S/C19H18O2/c1-19(2)11-21-18-9-6-12(10-16(18)19)13-4-3-5-15-14(13)7-8-17(15)20/h3-6,9-10H,7-8,11H2,1-2H3. The number of benzene rings is 2. The Morgan fingerprint density at radius 2 is 1.86 bits per heavy atom. The molecule has 0 amide bonds. The van der Waals surface area contributed by atoms with Crippen LogP contribution in [0.25, 0.3) is 11.1 Å². The fraction of sp³-hybridized carbons (Fsp3) is 0.316. The summed E-state index contributed by atoms with van der Waals surface area (Å²) in [5.41, 5.74) is 5.83. The molecule has 2 aromatic carbocycles. The Morgan fingerprint density at radius 3 is 2.71 bits per heavy atom. The summed E-state index contributed by atoms with van der Waals surface area (Å²) >= 11 is 0. The van der Waals surface area contributed by atoms with Crippen molar-refractivity contribution >= 4 is 5.78 Å². The monoisotopic (exact) mass is 278 g/mol. The minimum absolute atomic E-state index is 0.0547. The van der Waals surface area contributed by atoms with Crippen molar-refractivity contribution in [3.63, 3.8) is 0 Å². The maximum absolute atomic E-state index is 11.9. The van der Waals surface area contributed by atoms with Crippen LogP contribution in [0.2, 0.25) is 0 Å². The molecule has 2 heteroatoms. The largest absolute Gasteiger partial charge is 0.492 e. The molecule has 1 aliphatic carbocycles. The van der Waals surface area contributed by atoms with Gasteiger partial charge in [-0.2, -0.15) is 0 Å². The Kier molecular flexibility index (Phi) is 2.53. The molecule has 2 aliphatic rings. The second-order valence-corrected chi connectivity index (χ2v) is 6.64. The molecule has 106 valence electrons. The molecule has 0 saturated heterocycles. The average Bonchev–Trinajstić information content (AvgIpc) is 3.00. The van der Waals surface area contributed by atoms with Crippen LogP contribution in [0.5, 0.6) is 5.75 Å². The highest BCUT2D eigenvalue weighted by Crippen LogP contribution is 2.41. The quantitative estimate of drug-likeness (QED) is 0.783. The first-order chi connectivity index (χ1) is 10.1. The van der Waals surface area contributed by atoms with Crippen molar-refractivity contribution in [2.75, 3.05) is 6.61 Å². The van der Waals surface area contributed by atoms with Gasteiger partial charge in [-0.25, -0.2) is 0 Å². The van der Waals surface area contributed by atoms with E-state index < -0.39 is 0 Å². The van der Waals surface area contributed by atoms with Gasteiger partial charge < -0.3 is 4.74 Å². The Hall–Kier alpha value is -2.09. The van der Waals surface area contributed by atoms with E-state index in [-0.39, 0.29) is 11.2 Å². The van der Waals surface area contributed by atoms with Gasteiger partial charge in [0.1, 0.15) is 5.75 Å². The molecule has 0 aromatic heterocycles. The number of rotatable bonds is 1. The van der Waals surface area contributed by atoms with E-state index in [0.29, 0.717) is 6.42 Å². The van der Waals surface area contributed by atoms with Crippen LogP contribution in [0.15, 0.2) is 36.4 Å². The summed E-state index contributed by atoms with van der Waals surface area (Å²) in [6.07, 6.45) is 1.51. The lowest BCUT2D eigenvalue weighted by molar-refractivity contribution is 0.0994. The summed E-state index contributed by atoms with van der Waals surface area (Å²) in [6.45, 7) is 5.15. The van der Waals surface area contributed by atoms with Crippen molar-refractivity contribution in [3.05, 3.63) is 53.1 Å². The van der Waals surface area contributed by atoms with Gasteiger partial charge >= 0.3 is 0 Å². The lowest BCUT2D eigenvalue weighted by Crippen LogP contribution is -2.18. The van der Waals surface area contributed by atoms with Crippen LogP contribution in [0.3, 0.4) is 0 Å². The Morgan fingerprint density at radius 1 is 1.05 bits per heavy atom. The van der Waals surface area contributed by atoms with E-state index in [2.05, 4.69) is 38.1 Å². The van der Waals surface area contributed by atoms with Crippen molar-refractivity contribution in [1.82, 2.24) is 0 Å². The lowest BCUT2D eigenvalue weighted by atomic mass is 9.85. The number of carbonyl (C=O) groups excluding carboxylic acids is 1. The Labute approximate surface area is 124 Å². The van der Waals surface area contributed by atoms with Crippen molar-refractivity contribution in [2.24, 2.45) is 0 Å². The molecule has 2 aromatic rings. The van der Waals surface area contributed by atoms with Gasteiger partial charge in [-0.3, -0.25) is 4.79 Å². The fourth-order valence-electron chi connectivity index (χ4n) is 3.45. The molecule has 4 rings (SSSR count). The second kappa shape index (κ2) is 4.20. The van der Waals surface area contributed by atoms with Crippen LogP contribution >= 0.6 is 0 Å². The van der Waals surface area contributed by atoms with Gasteiger partial charge in [-0.05, 0) is 35.2 Å². The van der Waals surface area contributed by atoms with E-state index in [9.17, 15) is 4.79 Å². The minimum atomic E-state index is 0.0547. The normalized spacial score (nSPS) is 18.3. The maximum Gasteiger partial charge on any atom is 0.163 e. The highest BCUT2D eigenvalue weighted by molar-refractivity contribution is 6.02. The SMILES string of the molecule is CC1(C)COc2ccc(-c3cccc4c3CCC4=O)cc21. The lowest BCUT2D eigenvalue weighted by Gasteiger charge is -2.16. The van der Waals surface area contributed by atoms with E-state index in [4.69, 9.17) is 4.74 Å². The van der Waals surface area contributed by atoms with Crippen LogP contribution in [-0.2, 0) is 11.8 Å². The summed E-state index contributed by atoms with van der Waals surface area (Å²) in [5.74, 6) is 1.27. The van der Waals surface area contributed by atoms with Crippen molar-refractivity contribution in [1.29, 1.82) is 0 Å². The maximum atomic E-state index is 11.9. The van der Waals surface area contributed by atoms with Crippen LogP contribution in [-0.4, -0.2) is 12.4 Å². The fourth-order valence-corrected chi connectivity index (χ4v) is 3.45. The first-order valence-corrected chi connectivity index (χ1v) is 7.49. The molecular formula is C19H18O2. The minimum Gasteiger partial charge on any atom is -0.492 e. The summed E-state index contributed by atoms with van der Waals surface area (Å²) in [4.78, 5) is 11.9. The van der Waals surface area contributed by atoms with Crippen LogP contribution in [0.4, 0.5) is 0 Å². The molecule has 0 radical (unpaired) electrons. The van der Waals surface area contributed by atoms with E-state index >= 15 is 0 Å². The Balaban J connectivity index is 1.88. The zero-order chi connectivity index (χ0) is 14.6. The molecule has 0 N–H and O–H groups in total. The smallest absolute Gasteiger partial charge is 0.163 e. The van der Waals surface area contributed by atoms with Gasteiger partial charge in [0.2, 0.25) is 0 Å². The van der Waals surface area contributed by atoms with E-state index in [1.807, 2.05) is 12.1 Å². The summed E-state index contributed by atoms with van der Waals surface area (Å²) in [7, 11) is 0. The third-order valence-corrected chi connectivity index (χ3v) is 4.69. The number of ketones is 1. The summed E-state index contributed by atoms with van der Waals surface area (Å²) < 4.78 is 5.76. The van der Waals surface area contributed by atoms with Crippen LogP contribution in [0.1, 0.15) is 41.8 Å². The summed E-state index contributed by atoms with van der Waals surface area (Å²) in [6, 6.07) is 12.5. The molecule has 0 bridgehead atoms. The van der Waals surface area contributed by atoms with Gasteiger partial charge in [0.15, 0.2) is 5.78 Å². The van der Waals surface area contributed by atoms with Crippen molar-refractivity contribution < 1.29 is 9.53 Å². The molecule has 0 saturated carbocycles. The molecule has 2 nitrogen and oxygen atoms in total.